The van der Waals surface area contributed by atoms with Crippen LogP contribution < -0.4 is 10.5 Å². The van der Waals surface area contributed by atoms with Crippen LogP contribution in [-0.4, -0.2) is 17.1 Å². The maximum atomic E-state index is 12.5. The third kappa shape index (κ3) is 3.13. The first-order valence-corrected chi connectivity index (χ1v) is 5.92. The summed E-state index contributed by atoms with van der Waals surface area (Å²) in [4.78, 5) is 3.80. The van der Waals surface area contributed by atoms with E-state index in [2.05, 4.69) is 4.98 Å². The minimum atomic E-state index is -4.38. The van der Waals surface area contributed by atoms with Gasteiger partial charge in [-0.3, -0.25) is 0 Å². The Kier molecular flexibility index (Phi) is 3.75. The number of nitrogens with two attached hydrogens (primary N) is 1. The van der Waals surface area contributed by atoms with E-state index in [-0.39, 0.29) is 18.0 Å². The fraction of sp³-hybridized carbons (Fsp3) is 0.583. The van der Waals surface area contributed by atoms with Crippen LogP contribution in [-0.2, 0) is 6.18 Å². The van der Waals surface area contributed by atoms with Gasteiger partial charge in [0.15, 0.2) is 0 Å². The van der Waals surface area contributed by atoms with Crippen LogP contribution in [0.2, 0.25) is 0 Å². The summed E-state index contributed by atoms with van der Waals surface area (Å²) in [5, 5.41) is 0. The quantitative estimate of drug-likeness (QED) is 0.889. The van der Waals surface area contributed by atoms with Gasteiger partial charge in [-0.1, -0.05) is 6.42 Å². The average molecular weight is 260 g/mol. The van der Waals surface area contributed by atoms with Gasteiger partial charge in [-0.2, -0.15) is 13.2 Å². The standard InChI is InChI=1S/C12H15F3N2O/c13-12(14,15)8-5-6-17-11(7-8)18-10-4-2-1-3-9(10)16/h5-7,9-10H,1-4,16H2. The summed E-state index contributed by atoms with van der Waals surface area (Å²) in [5.41, 5.74) is 5.12. The fourth-order valence-corrected chi connectivity index (χ4v) is 2.08. The first kappa shape index (κ1) is 13.1. The average Bonchev–Trinajstić information content (AvgIpc) is 2.31. The van der Waals surface area contributed by atoms with Gasteiger partial charge >= 0.3 is 6.18 Å². The molecule has 1 heterocycles. The van der Waals surface area contributed by atoms with Crippen molar-refractivity contribution in [2.24, 2.45) is 5.73 Å². The molecule has 1 fully saturated rings. The zero-order chi connectivity index (χ0) is 13.2. The molecule has 100 valence electrons. The van der Waals surface area contributed by atoms with Gasteiger partial charge in [0.25, 0.3) is 0 Å². The van der Waals surface area contributed by atoms with Crippen molar-refractivity contribution >= 4 is 0 Å². The Hall–Kier alpha value is -1.30. The summed E-state index contributed by atoms with van der Waals surface area (Å²) in [6.07, 6.45) is 0.106. The van der Waals surface area contributed by atoms with E-state index in [9.17, 15) is 13.2 Å². The number of rotatable bonds is 2. The van der Waals surface area contributed by atoms with E-state index in [1.807, 2.05) is 0 Å². The molecule has 2 unspecified atom stereocenters. The second kappa shape index (κ2) is 5.14. The SMILES string of the molecule is NC1CCCCC1Oc1cc(C(F)(F)F)ccn1. The highest BCUT2D eigenvalue weighted by molar-refractivity contribution is 5.23. The highest BCUT2D eigenvalue weighted by Gasteiger charge is 2.31. The van der Waals surface area contributed by atoms with Gasteiger partial charge in [-0.15, -0.1) is 0 Å². The van der Waals surface area contributed by atoms with Gasteiger partial charge in [0.2, 0.25) is 5.88 Å². The van der Waals surface area contributed by atoms with E-state index >= 15 is 0 Å². The number of hydrogen-bond donors (Lipinski definition) is 1. The third-order valence-corrected chi connectivity index (χ3v) is 3.09. The van der Waals surface area contributed by atoms with Crippen LogP contribution in [0.3, 0.4) is 0 Å². The Balaban J connectivity index is 2.09. The molecular weight excluding hydrogens is 245 g/mol. The van der Waals surface area contributed by atoms with Crippen molar-refractivity contribution in [2.45, 2.75) is 44.0 Å². The molecule has 1 saturated carbocycles. The maximum Gasteiger partial charge on any atom is 0.416 e. The van der Waals surface area contributed by atoms with E-state index in [1.165, 1.54) is 0 Å². The monoisotopic (exact) mass is 260 g/mol. The molecule has 1 aliphatic carbocycles. The van der Waals surface area contributed by atoms with Crippen molar-refractivity contribution in [3.05, 3.63) is 23.9 Å². The van der Waals surface area contributed by atoms with Crippen LogP contribution in [0, 0.1) is 0 Å². The van der Waals surface area contributed by atoms with Crippen LogP contribution in [0.5, 0.6) is 5.88 Å². The first-order valence-electron chi connectivity index (χ1n) is 5.92. The van der Waals surface area contributed by atoms with Crippen LogP contribution in [0.4, 0.5) is 13.2 Å². The zero-order valence-electron chi connectivity index (χ0n) is 9.78. The van der Waals surface area contributed by atoms with Gasteiger partial charge in [0.1, 0.15) is 6.10 Å². The minimum Gasteiger partial charge on any atom is -0.473 e. The Morgan fingerprint density at radius 2 is 2.00 bits per heavy atom. The van der Waals surface area contributed by atoms with E-state index in [4.69, 9.17) is 10.5 Å². The molecule has 2 atom stereocenters. The summed E-state index contributed by atoms with van der Waals surface area (Å²) < 4.78 is 43.0. The van der Waals surface area contributed by atoms with Gasteiger partial charge in [-0.05, 0) is 25.3 Å². The number of halogens is 3. The second-order valence-corrected chi connectivity index (χ2v) is 4.49. The number of aromatic nitrogens is 1. The smallest absolute Gasteiger partial charge is 0.416 e. The van der Waals surface area contributed by atoms with Crippen molar-refractivity contribution < 1.29 is 17.9 Å². The molecule has 3 nitrogen and oxygen atoms in total. The fourth-order valence-electron chi connectivity index (χ4n) is 2.08. The molecule has 1 aromatic heterocycles. The van der Waals surface area contributed by atoms with Crippen LogP contribution in [0.25, 0.3) is 0 Å². The predicted octanol–water partition coefficient (Wildman–Crippen LogP) is 2.75. The topological polar surface area (TPSA) is 48.1 Å². The highest BCUT2D eigenvalue weighted by Crippen LogP contribution is 2.31. The van der Waals surface area contributed by atoms with E-state index in [1.54, 1.807) is 0 Å². The molecule has 1 aromatic rings. The van der Waals surface area contributed by atoms with Crippen LogP contribution in [0.15, 0.2) is 18.3 Å². The second-order valence-electron chi connectivity index (χ2n) is 4.49. The van der Waals surface area contributed by atoms with Crippen LogP contribution >= 0.6 is 0 Å². The van der Waals surface area contributed by atoms with E-state index in [0.29, 0.717) is 0 Å². The molecule has 0 spiro atoms. The van der Waals surface area contributed by atoms with Crippen molar-refractivity contribution in [3.63, 3.8) is 0 Å². The molecule has 0 radical (unpaired) electrons. The zero-order valence-corrected chi connectivity index (χ0v) is 9.78. The Labute approximate surface area is 103 Å². The Morgan fingerprint density at radius 3 is 2.67 bits per heavy atom. The Bertz CT molecular complexity index is 409. The lowest BCUT2D eigenvalue weighted by Gasteiger charge is -2.28. The number of pyridine rings is 1. The van der Waals surface area contributed by atoms with Crippen molar-refractivity contribution in [3.8, 4) is 5.88 Å². The summed E-state index contributed by atoms with van der Waals surface area (Å²) in [5.74, 6) is -0.00725. The summed E-state index contributed by atoms with van der Waals surface area (Å²) >= 11 is 0. The van der Waals surface area contributed by atoms with E-state index < -0.39 is 11.7 Å². The molecule has 0 bridgehead atoms. The molecule has 0 saturated heterocycles. The lowest BCUT2D eigenvalue weighted by molar-refractivity contribution is -0.137. The van der Waals surface area contributed by atoms with Gasteiger partial charge in [0.05, 0.1) is 5.56 Å². The van der Waals surface area contributed by atoms with Gasteiger partial charge < -0.3 is 10.5 Å². The highest BCUT2D eigenvalue weighted by atomic mass is 19.4. The summed E-state index contributed by atoms with van der Waals surface area (Å²) in [6.45, 7) is 0. The number of nitrogens with zero attached hydrogens (tertiary/aromatic N) is 1. The van der Waals surface area contributed by atoms with Gasteiger partial charge in [-0.25, -0.2) is 4.98 Å². The first-order chi connectivity index (χ1) is 8.47. The largest absolute Gasteiger partial charge is 0.473 e. The number of ether oxygens (including phenoxy) is 1. The predicted molar refractivity (Wildman–Crippen MR) is 60.1 cm³/mol. The van der Waals surface area contributed by atoms with Crippen molar-refractivity contribution in [1.29, 1.82) is 0 Å². The molecule has 18 heavy (non-hydrogen) atoms. The summed E-state index contributed by atoms with van der Waals surface area (Å²) in [7, 11) is 0. The molecule has 2 rings (SSSR count). The number of alkyl halides is 3. The molecule has 0 aliphatic heterocycles. The summed E-state index contributed by atoms with van der Waals surface area (Å²) in [6, 6.07) is 1.71. The normalized spacial score (nSPS) is 24.9. The maximum absolute atomic E-state index is 12.5. The lowest BCUT2D eigenvalue weighted by atomic mass is 9.93. The molecule has 2 N–H and O–H groups in total. The minimum absolute atomic E-state index is 0.00725. The molecule has 6 heteroatoms. The van der Waals surface area contributed by atoms with Crippen molar-refractivity contribution in [2.75, 3.05) is 0 Å². The van der Waals surface area contributed by atoms with Crippen LogP contribution in [0.1, 0.15) is 31.2 Å². The van der Waals surface area contributed by atoms with Crippen molar-refractivity contribution in [1.82, 2.24) is 4.98 Å². The molecule has 0 aromatic carbocycles. The molecule has 0 amide bonds. The molecule has 1 aliphatic rings. The van der Waals surface area contributed by atoms with Gasteiger partial charge in [0, 0.05) is 18.3 Å². The number of hydrogen-bond acceptors (Lipinski definition) is 3. The Morgan fingerprint density at radius 1 is 1.28 bits per heavy atom. The third-order valence-electron chi connectivity index (χ3n) is 3.09. The lowest BCUT2D eigenvalue weighted by Crippen LogP contribution is -2.41. The van der Waals surface area contributed by atoms with E-state index in [0.717, 1.165) is 44.0 Å². The molecular formula is C12H15F3N2O.